The number of amides is 3. The molecule has 2 aromatic rings. The molecule has 0 aromatic heterocycles. The first kappa shape index (κ1) is 20.2. The van der Waals surface area contributed by atoms with Crippen molar-refractivity contribution in [3.05, 3.63) is 80.5 Å². The van der Waals surface area contributed by atoms with Crippen molar-refractivity contribution in [3.63, 3.8) is 0 Å². The van der Waals surface area contributed by atoms with Gasteiger partial charge in [0, 0.05) is 30.8 Å². The Balaban J connectivity index is 1.57. The Morgan fingerprint density at radius 3 is 2.41 bits per heavy atom. The number of halogens is 1. The average Bonchev–Trinajstić information content (AvgIpc) is 2.97. The lowest BCUT2D eigenvalue weighted by molar-refractivity contribution is -0.384. The second kappa shape index (κ2) is 8.65. The van der Waals surface area contributed by atoms with E-state index in [1.165, 1.54) is 54.6 Å². The largest absolute Gasteiger partial charge is 0.350 e. The van der Waals surface area contributed by atoms with Gasteiger partial charge in [-0.1, -0.05) is 12.1 Å². The van der Waals surface area contributed by atoms with Crippen molar-refractivity contribution in [3.8, 4) is 0 Å². The lowest BCUT2D eigenvalue weighted by Crippen LogP contribution is -2.37. The molecule has 1 aliphatic heterocycles. The van der Waals surface area contributed by atoms with Crippen molar-refractivity contribution >= 4 is 40.6 Å². The van der Waals surface area contributed by atoms with Crippen LogP contribution in [0, 0.1) is 15.9 Å². The summed E-state index contributed by atoms with van der Waals surface area (Å²) in [6.45, 7) is 0.00182. The molecule has 1 fully saturated rings. The van der Waals surface area contributed by atoms with E-state index in [9.17, 15) is 28.9 Å². The molecule has 0 saturated carbocycles. The molecule has 10 heteroatoms. The van der Waals surface area contributed by atoms with E-state index in [1.807, 2.05) is 0 Å². The van der Waals surface area contributed by atoms with Gasteiger partial charge >= 0.3 is 0 Å². The number of carbonyl (C=O) groups is 3. The van der Waals surface area contributed by atoms with Gasteiger partial charge in [-0.3, -0.25) is 29.4 Å². The van der Waals surface area contributed by atoms with Gasteiger partial charge < -0.3 is 5.32 Å². The molecule has 1 N–H and O–H groups in total. The maximum atomic E-state index is 13.0. The number of hydrogen-bond donors (Lipinski definition) is 1. The highest BCUT2D eigenvalue weighted by Crippen LogP contribution is 2.31. The van der Waals surface area contributed by atoms with Crippen LogP contribution in [-0.4, -0.2) is 40.0 Å². The first-order valence-electron chi connectivity index (χ1n) is 8.39. The van der Waals surface area contributed by atoms with E-state index in [-0.39, 0.29) is 29.2 Å². The summed E-state index contributed by atoms with van der Waals surface area (Å²) >= 11 is 0.769. The second-order valence-electron chi connectivity index (χ2n) is 5.94. The minimum Gasteiger partial charge on any atom is -0.350 e. The predicted molar refractivity (Wildman–Crippen MR) is 105 cm³/mol. The van der Waals surface area contributed by atoms with E-state index >= 15 is 0 Å². The van der Waals surface area contributed by atoms with Gasteiger partial charge in [0.1, 0.15) is 5.82 Å². The summed E-state index contributed by atoms with van der Waals surface area (Å²) in [6.07, 6.45) is 1.50. The molecule has 1 saturated heterocycles. The fraction of sp³-hybridized carbons (Fsp3) is 0.105. The van der Waals surface area contributed by atoms with Crippen LogP contribution < -0.4 is 5.32 Å². The van der Waals surface area contributed by atoms with Gasteiger partial charge in [-0.15, -0.1) is 0 Å². The Bertz CT molecular complexity index is 1010. The highest BCUT2D eigenvalue weighted by Gasteiger charge is 2.34. The number of nitrogens with zero attached hydrogens (tertiary/aromatic N) is 2. The van der Waals surface area contributed by atoms with Gasteiger partial charge in [0.15, 0.2) is 0 Å². The molecule has 29 heavy (non-hydrogen) atoms. The molecular weight excluding hydrogens is 401 g/mol. The summed E-state index contributed by atoms with van der Waals surface area (Å²) in [7, 11) is 0. The quantitative estimate of drug-likeness (QED) is 0.441. The Morgan fingerprint density at radius 2 is 1.79 bits per heavy atom. The molecule has 1 heterocycles. The molecule has 0 radical (unpaired) electrons. The molecule has 3 rings (SSSR count). The third-order valence-corrected chi connectivity index (χ3v) is 4.91. The monoisotopic (exact) mass is 415 g/mol. The molecule has 0 aliphatic carbocycles. The molecule has 1 aliphatic rings. The van der Waals surface area contributed by atoms with Crippen LogP contribution >= 0.6 is 11.8 Å². The van der Waals surface area contributed by atoms with Crippen LogP contribution in [0.5, 0.6) is 0 Å². The molecule has 0 spiro atoms. The first-order valence-corrected chi connectivity index (χ1v) is 9.20. The zero-order chi connectivity index (χ0) is 21.0. The highest BCUT2D eigenvalue weighted by molar-refractivity contribution is 8.18. The van der Waals surface area contributed by atoms with E-state index in [0.717, 1.165) is 16.7 Å². The minimum atomic E-state index is -0.568. The van der Waals surface area contributed by atoms with Crippen molar-refractivity contribution in [2.45, 2.75) is 0 Å². The predicted octanol–water partition coefficient (Wildman–Crippen LogP) is 3.20. The normalized spacial score (nSPS) is 15.1. The van der Waals surface area contributed by atoms with Gasteiger partial charge in [0.05, 0.1) is 9.83 Å². The number of hydrogen-bond acceptors (Lipinski definition) is 6. The Kier molecular flexibility index (Phi) is 6.03. The fourth-order valence-electron chi connectivity index (χ4n) is 2.52. The van der Waals surface area contributed by atoms with Crippen molar-refractivity contribution in [1.29, 1.82) is 0 Å². The van der Waals surface area contributed by atoms with Gasteiger partial charge in [-0.25, -0.2) is 4.39 Å². The van der Waals surface area contributed by atoms with E-state index in [4.69, 9.17) is 0 Å². The van der Waals surface area contributed by atoms with Crippen LogP contribution in [-0.2, 0) is 4.79 Å². The van der Waals surface area contributed by atoms with Gasteiger partial charge in [-0.2, -0.15) is 0 Å². The van der Waals surface area contributed by atoms with Crippen LogP contribution in [0.2, 0.25) is 0 Å². The number of non-ortho nitro benzene ring substituents is 1. The number of imide groups is 1. The smallest absolute Gasteiger partial charge is 0.293 e. The van der Waals surface area contributed by atoms with Crippen molar-refractivity contribution in [2.75, 3.05) is 13.1 Å². The topological polar surface area (TPSA) is 110 Å². The van der Waals surface area contributed by atoms with E-state index in [1.54, 1.807) is 0 Å². The molecule has 2 aromatic carbocycles. The summed E-state index contributed by atoms with van der Waals surface area (Å²) in [5, 5.41) is 12.7. The molecule has 0 atom stereocenters. The number of nitro groups is 1. The van der Waals surface area contributed by atoms with E-state index in [2.05, 4.69) is 5.32 Å². The van der Waals surface area contributed by atoms with Crippen molar-refractivity contribution < 1.29 is 23.7 Å². The molecule has 8 nitrogen and oxygen atoms in total. The number of thioether (sulfide) groups is 1. The molecule has 0 unspecified atom stereocenters. The SMILES string of the molecule is O=C(NCCN1C(=O)S/C(=C/c2ccc(F)cc2)C1=O)c1ccc([N+](=O)[O-])cc1. The fourth-order valence-corrected chi connectivity index (χ4v) is 3.39. The molecule has 0 bridgehead atoms. The van der Waals surface area contributed by atoms with Gasteiger partial charge in [0.25, 0.3) is 22.7 Å². The standard InChI is InChI=1S/C19H14FN3O5S/c20-14-5-1-12(2-6-14)11-16-18(25)22(19(26)29-16)10-9-21-17(24)13-3-7-15(8-4-13)23(27)28/h1-8,11H,9-10H2,(H,21,24)/b16-11+. The van der Waals surface area contributed by atoms with E-state index < -0.39 is 27.8 Å². The Hall–Kier alpha value is -3.53. The number of carbonyl (C=O) groups excluding carboxylic acids is 3. The molecule has 3 amide bonds. The van der Waals surface area contributed by atoms with Crippen molar-refractivity contribution in [1.82, 2.24) is 10.2 Å². The summed E-state index contributed by atoms with van der Waals surface area (Å²) in [4.78, 5) is 47.8. The second-order valence-corrected chi connectivity index (χ2v) is 6.94. The lowest BCUT2D eigenvalue weighted by atomic mass is 10.2. The van der Waals surface area contributed by atoms with Crippen LogP contribution in [0.15, 0.2) is 53.4 Å². The average molecular weight is 415 g/mol. The lowest BCUT2D eigenvalue weighted by Gasteiger charge is -2.13. The zero-order valence-corrected chi connectivity index (χ0v) is 15.6. The number of nitrogens with one attached hydrogen (secondary N) is 1. The summed E-state index contributed by atoms with van der Waals surface area (Å²) in [6, 6.07) is 10.6. The Labute approximate surface area is 168 Å². The first-order chi connectivity index (χ1) is 13.8. The minimum absolute atomic E-state index is 0.0237. The number of nitro benzene ring substituents is 1. The molecule has 148 valence electrons. The maximum absolute atomic E-state index is 13.0. The van der Waals surface area contributed by atoms with E-state index in [0.29, 0.717) is 5.56 Å². The third-order valence-electron chi connectivity index (χ3n) is 4.00. The van der Waals surface area contributed by atoms with Crippen LogP contribution in [0.25, 0.3) is 6.08 Å². The van der Waals surface area contributed by atoms with Gasteiger partial charge in [-0.05, 0) is 47.7 Å². The van der Waals surface area contributed by atoms with Crippen LogP contribution in [0.3, 0.4) is 0 Å². The molecular formula is C19H14FN3O5S. The summed E-state index contributed by atoms with van der Waals surface area (Å²) < 4.78 is 13.0. The van der Waals surface area contributed by atoms with Crippen LogP contribution in [0.1, 0.15) is 15.9 Å². The maximum Gasteiger partial charge on any atom is 0.293 e. The van der Waals surface area contributed by atoms with Gasteiger partial charge in [0.2, 0.25) is 0 Å². The summed E-state index contributed by atoms with van der Waals surface area (Å²) in [5.74, 6) is -1.37. The number of benzene rings is 2. The number of rotatable bonds is 6. The Morgan fingerprint density at radius 1 is 1.14 bits per heavy atom. The highest BCUT2D eigenvalue weighted by atomic mass is 32.2. The third kappa shape index (κ3) is 4.85. The summed E-state index contributed by atoms with van der Waals surface area (Å²) in [5.41, 5.74) is 0.677. The van der Waals surface area contributed by atoms with Crippen molar-refractivity contribution in [2.24, 2.45) is 0 Å². The zero-order valence-electron chi connectivity index (χ0n) is 14.8. The van der Waals surface area contributed by atoms with Crippen LogP contribution in [0.4, 0.5) is 14.9 Å².